The van der Waals surface area contributed by atoms with Gasteiger partial charge in [0.2, 0.25) is 0 Å². The van der Waals surface area contributed by atoms with E-state index in [-0.39, 0.29) is 12.3 Å². The van der Waals surface area contributed by atoms with Gasteiger partial charge in [-0.1, -0.05) is 36.4 Å². The summed E-state index contributed by atoms with van der Waals surface area (Å²) in [5, 5.41) is 13.0. The van der Waals surface area contributed by atoms with E-state index in [1.165, 1.54) is 0 Å². The molecule has 0 bridgehead atoms. The molecule has 1 amide bonds. The number of rotatable bonds is 5. The number of aryl methyl sites for hydroxylation is 1. The Labute approximate surface area is 139 Å². The third-order valence-electron chi connectivity index (χ3n) is 4.04. The number of carboxylic acids is 1. The highest BCUT2D eigenvalue weighted by Gasteiger charge is 2.21. The summed E-state index contributed by atoms with van der Waals surface area (Å²) in [6, 6.07) is 15.6. The van der Waals surface area contributed by atoms with Gasteiger partial charge in [-0.25, -0.2) is 4.79 Å². The highest BCUT2D eigenvalue weighted by Crippen LogP contribution is 2.17. The molecule has 24 heavy (non-hydrogen) atoms. The lowest BCUT2D eigenvalue weighted by Crippen LogP contribution is -2.42. The second-order valence-corrected chi connectivity index (χ2v) is 5.75. The molecule has 5 nitrogen and oxygen atoms in total. The van der Waals surface area contributed by atoms with E-state index < -0.39 is 12.0 Å². The summed E-state index contributed by atoms with van der Waals surface area (Å²) >= 11 is 0. The topological polar surface area (TPSA) is 71.3 Å². The van der Waals surface area contributed by atoms with Crippen LogP contribution >= 0.6 is 0 Å². The number of amides is 1. The fraction of sp³-hybridized carbons (Fsp3) is 0.158. The minimum atomic E-state index is -1.05. The fourth-order valence-corrected chi connectivity index (χ4v) is 2.70. The Balaban J connectivity index is 1.79. The molecule has 0 radical (unpaired) electrons. The average molecular weight is 322 g/mol. The molecular weight excluding hydrogens is 304 g/mol. The van der Waals surface area contributed by atoms with Crippen LogP contribution in [0.15, 0.2) is 60.8 Å². The Morgan fingerprint density at radius 1 is 1.12 bits per heavy atom. The molecule has 1 aromatic heterocycles. The monoisotopic (exact) mass is 322 g/mol. The van der Waals surface area contributed by atoms with Crippen LogP contribution in [-0.2, 0) is 18.3 Å². The first-order chi connectivity index (χ1) is 11.5. The number of hydrogen-bond acceptors (Lipinski definition) is 2. The zero-order valence-electron chi connectivity index (χ0n) is 13.3. The number of benzene rings is 2. The van der Waals surface area contributed by atoms with Gasteiger partial charge in [-0.05, 0) is 29.1 Å². The second kappa shape index (κ2) is 6.58. The van der Waals surface area contributed by atoms with Crippen molar-refractivity contribution in [1.29, 1.82) is 0 Å². The molecule has 0 aliphatic heterocycles. The molecule has 1 unspecified atom stereocenters. The van der Waals surface area contributed by atoms with Gasteiger partial charge in [-0.15, -0.1) is 0 Å². The van der Waals surface area contributed by atoms with E-state index in [9.17, 15) is 14.7 Å². The maximum Gasteiger partial charge on any atom is 0.326 e. The summed E-state index contributed by atoms with van der Waals surface area (Å²) in [5.41, 5.74) is 2.24. The van der Waals surface area contributed by atoms with Crippen LogP contribution < -0.4 is 5.32 Å². The number of hydrogen-bond donors (Lipinski definition) is 2. The normalized spacial score (nSPS) is 12.0. The first kappa shape index (κ1) is 15.8. The number of aliphatic carboxylic acids is 1. The lowest BCUT2D eigenvalue weighted by atomic mass is 10.1. The maximum absolute atomic E-state index is 12.4. The van der Waals surface area contributed by atoms with E-state index in [0.29, 0.717) is 5.56 Å². The van der Waals surface area contributed by atoms with Crippen molar-refractivity contribution in [1.82, 2.24) is 9.88 Å². The van der Waals surface area contributed by atoms with Gasteiger partial charge < -0.3 is 15.0 Å². The number of carboxylic acid groups (broad SMARTS) is 1. The van der Waals surface area contributed by atoms with Gasteiger partial charge in [0, 0.05) is 30.7 Å². The first-order valence-electron chi connectivity index (χ1n) is 7.67. The highest BCUT2D eigenvalue weighted by atomic mass is 16.4. The average Bonchev–Trinajstić information content (AvgIpc) is 2.95. The summed E-state index contributed by atoms with van der Waals surface area (Å²) in [4.78, 5) is 23.9. The van der Waals surface area contributed by atoms with Crippen molar-refractivity contribution in [2.45, 2.75) is 12.5 Å². The third-order valence-corrected chi connectivity index (χ3v) is 4.04. The molecule has 0 fully saturated rings. The highest BCUT2D eigenvalue weighted by molar-refractivity contribution is 5.99. The third kappa shape index (κ3) is 3.30. The predicted molar refractivity (Wildman–Crippen MR) is 92.0 cm³/mol. The maximum atomic E-state index is 12.4. The molecule has 0 saturated carbocycles. The van der Waals surface area contributed by atoms with E-state index in [4.69, 9.17) is 0 Å². The summed E-state index contributed by atoms with van der Waals surface area (Å²) in [6.45, 7) is 0. The van der Waals surface area contributed by atoms with Crippen LogP contribution in [0.1, 0.15) is 15.9 Å². The quantitative estimate of drug-likeness (QED) is 0.758. The Morgan fingerprint density at radius 3 is 2.58 bits per heavy atom. The SMILES string of the molecule is Cn1ccc2ccc(C(=O)NC(Cc3ccccc3)C(=O)O)cc21. The minimum Gasteiger partial charge on any atom is -0.480 e. The predicted octanol–water partition coefficient (Wildman–Crippen LogP) is 2.60. The van der Waals surface area contributed by atoms with Gasteiger partial charge in [-0.3, -0.25) is 4.79 Å². The number of carbonyl (C=O) groups excluding carboxylic acids is 1. The molecule has 2 aromatic carbocycles. The summed E-state index contributed by atoms with van der Waals surface area (Å²) in [7, 11) is 1.90. The number of nitrogens with one attached hydrogen (secondary N) is 1. The van der Waals surface area contributed by atoms with Gasteiger partial charge in [0.1, 0.15) is 6.04 Å². The number of aromatic nitrogens is 1. The smallest absolute Gasteiger partial charge is 0.326 e. The molecule has 3 aromatic rings. The van der Waals surface area contributed by atoms with E-state index in [2.05, 4.69) is 5.32 Å². The van der Waals surface area contributed by atoms with E-state index in [0.717, 1.165) is 16.5 Å². The molecule has 1 atom stereocenters. The van der Waals surface area contributed by atoms with Gasteiger partial charge >= 0.3 is 5.97 Å². The molecule has 1 heterocycles. The van der Waals surface area contributed by atoms with Crippen LogP contribution in [0.3, 0.4) is 0 Å². The number of fused-ring (bicyclic) bond motifs is 1. The lowest BCUT2D eigenvalue weighted by Gasteiger charge is -2.15. The molecular formula is C19H18N2O3. The van der Waals surface area contributed by atoms with Crippen LogP contribution in [0.4, 0.5) is 0 Å². The molecule has 0 saturated heterocycles. The van der Waals surface area contributed by atoms with Crippen LogP contribution in [0.25, 0.3) is 10.9 Å². The Hall–Kier alpha value is -3.08. The Kier molecular flexibility index (Phi) is 4.33. The summed E-state index contributed by atoms with van der Waals surface area (Å²) in [6.07, 6.45) is 2.16. The molecule has 0 aliphatic rings. The van der Waals surface area contributed by atoms with Crippen LogP contribution in [0.2, 0.25) is 0 Å². The van der Waals surface area contributed by atoms with Crippen molar-refractivity contribution in [3.8, 4) is 0 Å². The molecule has 3 rings (SSSR count). The first-order valence-corrected chi connectivity index (χ1v) is 7.67. The zero-order valence-corrected chi connectivity index (χ0v) is 13.3. The summed E-state index contributed by atoms with van der Waals surface area (Å²) < 4.78 is 1.92. The molecule has 0 spiro atoms. The second-order valence-electron chi connectivity index (χ2n) is 5.75. The Morgan fingerprint density at radius 2 is 1.88 bits per heavy atom. The van der Waals surface area contributed by atoms with Crippen molar-refractivity contribution >= 4 is 22.8 Å². The van der Waals surface area contributed by atoms with Crippen molar-refractivity contribution in [2.75, 3.05) is 0 Å². The number of nitrogens with zero attached hydrogens (tertiary/aromatic N) is 1. The standard InChI is InChI=1S/C19H18N2O3/c1-21-10-9-14-7-8-15(12-17(14)21)18(22)20-16(19(23)24)11-13-5-3-2-4-6-13/h2-10,12,16H,11H2,1H3,(H,20,22)(H,23,24). The molecule has 2 N–H and O–H groups in total. The van der Waals surface area contributed by atoms with Crippen molar-refractivity contribution < 1.29 is 14.7 Å². The fourth-order valence-electron chi connectivity index (χ4n) is 2.70. The van der Waals surface area contributed by atoms with E-state index in [1.807, 2.05) is 60.3 Å². The van der Waals surface area contributed by atoms with Gasteiger partial charge in [-0.2, -0.15) is 0 Å². The Bertz CT molecular complexity index is 884. The van der Waals surface area contributed by atoms with Gasteiger partial charge in [0.05, 0.1) is 0 Å². The summed E-state index contributed by atoms with van der Waals surface area (Å²) in [5.74, 6) is -1.44. The van der Waals surface area contributed by atoms with E-state index in [1.54, 1.807) is 12.1 Å². The molecule has 122 valence electrons. The van der Waals surface area contributed by atoms with E-state index >= 15 is 0 Å². The van der Waals surface area contributed by atoms with Crippen molar-refractivity contribution in [3.63, 3.8) is 0 Å². The van der Waals surface area contributed by atoms with Crippen molar-refractivity contribution in [2.24, 2.45) is 7.05 Å². The largest absolute Gasteiger partial charge is 0.480 e. The minimum absolute atomic E-state index is 0.244. The van der Waals surface area contributed by atoms with Crippen LogP contribution in [0.5, 0.6) is 0 Å². The van der Waals surface area contributed by atoms with Crippen LogP contribution in [0, 0.1) is 0 Å². The molecule has 0 aliphatic carbocycles. The number of carbonyl (C=O) groups is 2. The molecule has 5 heteroatoms. The van der Waals surface area contributed by atoms with Gasteiger partial charge in [0.15, 0.2) is 0 Å². The zero-order chi connectivity index (χ0) is 17.1. The van der Waals surface area contributed by atoms with Gasteiger partial charge in [0.25, 0.3) is 5.91 Å². The van der Waals surface area contributed by atoms with Crippen LogP contribution in [-0.4, -0.2) is 27.6 Å². The van der Waals surface area contributed by atoms with Crippen molar-refractivity contribution in [3.05, 3.63) is 71.9 Å². The lowest BCUT2D eigenvalue weighted by molar-refractivity contribution is -0.139.